The summed E-state index contributed by atoms with van der Waals surface area (Å²) >= 11 is 7.35. The predicted molar refractivity (Wildman–Crippen MR) is 112 cm³/mol. The fourth-order valence-electron chi connectivity index (χ4n) is 2.92. The van der Waals surface area contributed by atoms with E-state index in [1.54, 1.807) is 17.5 Å². The van der Waals surface area contributed by atoms with Gasteiger partial charge in [-0.05, 0) is 49.4 Å². The molecule has 0 saturated carbocycles. The average Bonchev–Trinajstić information content (AvgIpc) is 3.25. The Morgan fingerprint density at radius 3 is 2.59 bits per heavy atom. The Labute approximate surface area is 178 Å². The third-order valence-electron chi connectivity index (χ3n) is 4.52. The Bertz CT molecular complexity index is 986. The van der Waals surface area contributed by atoms with E-state index in [-0.39, 0.29) is 15.6 Å². The third-order valence-corrected chi connectivity index (χ3v) is 7.60. The second-order valence-corrected chi connectivity index (χ2v) is 9.91. The van der Waals surface area contributed by atoms with Gasteiger partial charge in [0.15, 0.2) is 6.10 Å². The fourth-order valence-corrected chi connectivity index (χ4v) is 5.23. The molecule has 3 rings (SSSR count). The van der Waals surface area contributed by atoms with Crippen LogP contribution < -0.4 is 5.32 Å². The summed E-state index contributed by atoms with van der Waals surface area (Å²) in [5, 5.41) is 4.47. The largest absolute Gasteiger partial charge is 0.448 e. The molecule has 0 aliphatic carbocycles. The van der Waals surface area contributed by atoms with Gasteiger partial charge in [-0.3, -0.25) is 4.79 Å². The minimum Gasteiger partial charge on any atom is -0.448 e. The summed E-state index contributed by atoms with van der Waals surface area (Å²) in [4.78, 5) is 24.9. The van der Waals surface area contributed by atoms with Crippen molar-refractivity contribution >= 4 is 50.5 Å². The van der Waals surface area contributed by atoms with Gasteiger partial charge in [0.05, 0.1) is 15.6 Å². The van der Waals surface area contributed by atoms with Gasteiger partial charge in [0.1, 0.15) is 4.88 Å². The lowest BCUT2D eigenvalue weighted by atomic mass is 10.2. The Balaban J connectivity index is 1.72. The van der Waals surface area contributed by atoms with Gasteiger partial charge in [-0.1, -0.05) is 24.1 Å². The quantitative estimate of drug-likeness (QED) is 0.668. The van der Waals surface area contributed by atoms with E-state index >= 15 is 0 Å². The van der Waals surface area contributed by atoms with E-state index in [0.717, 1.165) is 19.3 Å². The zero-order chi connectivity index (χ0) is 21.0. The number of halogens is 1. The Kier molecular flexibility index (Phi) is 6.94. The first-order valence-corrected chi connectivity index (χ1v) is 11.8. The minimum atomic E-state index is -3.67. The van der Waals surface area contributed by atoms with E-state index in [0.29, 0.717) is 18.0 Å². The van der Waals surface area contributed by atoms with Crippen molar-refractivity contribution in [2.24, 2.45) is 0 Å². The number of hydrogen-bond acceptors (Lipinski definition) is 6. The molecule has 156 valence electrons. The van der Waals surface area contributed by atoms with E-state index in [9.17, 15) is 18.0 Å². The zero-order valence-electron chi connectivity index (χ0n) is 15.8. The number of piperidine rings is 1. The van der Waals surface area contributed by atoms with Crippen LogP contribution in [0.15, 0.2) is 40.6 Å². The summed E-state index contributed by atoms with van der Waals surface area (Å²) in [5.41, 5.74) is 0.147. The van der Waals surface area contributed by atoms with Crippen molar-refractivity contribution in [3.63, 3.8) is 0 Å². The van der Waals surface area contributed by atoms with Crippen molar-refractivity contribution in [3.8, 4) is 0 Å². The van der Waals surface area contributed by atoms with Crippen molar-refractivity contribution < 1.29 is 22.7 Å². The lowest BCUT2D eigenvalue weighted by molar-refractivity contribution is -0.123. The lowest BCUT2D eigenvalue weighted by Crippen LogP contribution is -2.35. The van der Waals surface area contributed by atoms with Crippen LogP contribution in [0.3, 0.4) is 0 Å². The topological polar surface area (TPSA) is 92.8 Å². The second-order valence-electron chi connectivity index (χ2n) is 6.62. The van der Waals surface area contributed by atoms with Crippen molar-refractivity contribution in [2.75, 3.05) is 18.4 Å². The van der Waals surface area contributed by atoms with Gasteiger partial charge in [-0.15, -0.1) is 11.3 Å². The van der Waals surface area contributed by atoms with Gasteiger partial charge in [0, 0.05) is 13.1 Å². The number of benzene rings is 1. The summed E-state index contributed by atoms with van der Waals surface area (Å²) in [5.74, 6) is -1.21. The van der Waals surface area contributed by atoms with E-state index in [2.05, 4.69) is 5.32 Å². The number of ether oxygens (including phenoxy) is 1. The predicted octanol–water partition coefficient (Wildman–Crippen LogP) is 3.76. The molecule has 0 bridgehead atoms. The fraction of sp³-hybridized carbons (Fsp3) is 0.368. The standard InChI is InChI=1S/C19H21ClN2O5S2/c1-13(27-19(24)17-6-5-11-28-17)18(23)21-16-12-14(7-8-15(16)20)29(25,26)22-9-3-2-4-10-22/h5-8,11-13H,2-4,9-10H2,1H3,(H,21,23). The number of amides is 1. The van der Waals surface area contributed by atoms with Crippen LogP contribution in [0.2, 0.25) is 5.02 Å². The first-order chi connectivity index (χ1) is 13.8. The molecule has 0 radical (unpaired) electrons. The van der Waals surface area contributed by atoms with Crippen molar-refractivity contribution in [1.29, 1.82) is 0 Å². The van der Waals surface area contributed by atoms with Crippen LogP contribution in [-0.4, -0.2) is 43.8 Å². The molecule has 1 unspecified atom stereocenters. The maximum absolute atomic E-state index is 12.8. The van der Waals surface area contributed by atoms with E-state index < -0.39 is 28.0 Å². The van der Waals surface area contributed by atoms with E-state index in [1.165, 1.54) is 40.8 Å². The smallest absolute Gasteiger partial charge is 0.349 e. The molecule has 0 spiro atoms. The highest BCUT2D eigenvalue weighted by molar-refractivity contribution is 7.89. The summed E-state index contributed by atoms with van der Waals surface area (Å²) in [6, 6.07) is 7.49. The van der Waals surface area contributed by atoms with Crippen molar-refractivity contribution in [1.82, 2.24) is 4.31 Å². The molecule has 1 aromatic carbocycles. The molecule has 2 heterocycles. The molecule has 1 amide bonds. The molecule has 1 aliphatic heterocycles. The molecule has 2 aromatic rings. The van der Waals surface area contributed by atoms with Gasteiger partial charge < -0.3 is 10.1 Å². The molecular weight excluding hydrogens is 436 g/mol. The number of carbonyl (C=O) groups is 2. The zero-order valence-corrected chi connectivity index (χ0v) is 18.1. The number of esters is 1. The molecule has 1 aromatic heterocycles. The summed E-state index contributed by atoms with van der Waals surface area (Å²) in [6.45, 7) is 2.38. The number of anilines is 1. The van der Waals surface area contributed by atoms with Crippen LogP contribution in [0.25, 0.3) is 0 Å². The highest BCUT2D eigenvalue weighted by atomic mass is 35.5. The van der Waals surface area contributed by atoms with Gasteiger partial charge in [-0.2, -0.15) is 4.31 Å². The van der Waals surface area contributed by atoms with Gasteiger partial charge in [0.2, 0.25) is 10.0 Å². The van der Waals surface area contributed by atoms with Crippen LogP contribution >= 0.6 is 22.9 Å². The molecule has 29 heavy (non-hydrogen) atoms. The molecule has 7 nitrogen and oxygen atoms in total. The van der Waals surface area contributed by atoms with Crippen molar-refractivity contribution in [2.45, 2.75) is 37.2 Å². The second kappa shape index (κ2) is 9.25. The van der Waals surface area contributed by atoms with Gasteiger partial charge in [0.25, 0.3) is 5.91 Å². The first kappa shape index (κ1) is 21.8. The Hall–Kier alpha value is -1.94. The van der Waals surface area contributed by atoms with E-state index in [4.69, 9.17) is 16.3 Å². The summed E-state index contributed by atoms with van der Waals surface area (Å²) in [7, 11) is -3.67. The number of nitrogens with one attached hydrogen (secondary N) is 1. The molecule has 1 fully saturated rings. The molecule has 1 aliphatic rings. The number of nitrogens with zero attached hydrogens (tertiary/aromatic N) is 1. The summed E-state index contributed by atoms with van der Waals surface area (Å²) < 4.78 is 32.3. The number of sulfonamides is 1. The minimum absolute atomic E-state index is 0.0577. The van der Waals surface area contributed by atoms with Crippen LogP contribution in [0, 0.1) is 0 Å². The Morgan fingerprint density at radius 2 is 1.93 bits per heavy atom. The number of thiophene rings is 1. The van der Waals surface area contributed by atoms with Crippen LogP contribution in [0.5, 0.6) is 0 Å². The van der Waals surface area contributed by atoms with Gasteiger partial charge in [-0.25, -0.2) is 13.2 Å². The lowest BCUT2D eigenvalue weighted by Gasteiger charge is -2.26. The van der Waals surface area contributed by atoms with Crippen LogP contribution in [0.1, 0.15) is 35.9 Å². The molecule has 1 saturated heterocycles. The number of carbonyl (C=O) groups excluding carboxylic acids is 2. The molecular formula is C19H21ClN2O5S2. The number of rotatable bonds is 6. The summed E-state index contributed by atoms with van der Waals surface area (Å²) in [6.07, 6.45) is 1.58. The van der Waals surface area contributed by atoms with Crippen LogP contribution in [-0.2, 0) is 19.6 Å². The Morgan fingerprint density at radius 1 is 1.21 bits per heavy atom. The normalized spacial score (nSPS) is 16.2. The molecule has 10 heteroatoms. The maximum Gasteiger partial charge on any atom is 0.349 e. The molecule has 1 atom stereocenters. The third kappa shape index (κ3) is 5.16. The highest BCUT2D eigenvalue weighted by Crippen LogP contribution is 2.28. The maximum atomic E-state index is 12.8. The monoisotopic (exact) mass is 456 g/mol. The van der Waals surface area contributed by atoms with Crippen LogP contribution in [0.4, 0.5) is 5.69 Å². The average molecular weight is 457 g/mol. The first-order valence-electron chi connectivity index (χ1n) is 9.14. The molecule has 1 N–H and O–H groups in total. The SMILES string of the molecule is CC(OC(=O)c1cccs1)C(=O)Nc1cc(S(=O)(=O)N2CCCCC2)ccc1Cl. The van der Waals surface area contributed by atoms with E-state index in [1.807, 2.05) is 0 Å². The van der Waals surface area contributed by atoms with Gasteiger partial charge >= 0.3 is 5.97 Å². The highest BCUT2D eigenvalue weighted by Gasteiger charge is 2.27. The van der Waals surface area contributed by atoms with Crippen molar-refractivity contribution in [3.05, 3.63) is 45.6 Å². The number of hydrogen-bond donors (Lipinski definition) is 1.